The second-order valence-corrected chi connectivity index (χ2v) is 2.50. The van der Waals surface area contributed by atoms with Gasteiger partial charge < -0.3 is 5.11 Å². The van der Waals surface area contributed by atoms with Crippen LogP contribution in [0.1, 0.15) is 39.5 Å². The molecular weight excluding hydrogens is 124 g/mol. The third-order valence-corrected chi connectivity index (χ3v) is 1.69. The van der Waals surface area contributed by atoms with Gasteiger partial charge in [0.15, 0.2) is 0 Å². The summed E-state index contributed by atoms with van der Waals surface area (Å²) < 4.78 is 0. The molecule has 60 valence electrons. The first-order valence-corrected chi connectivity index (χ1v) is 4.13. The minimum Gasteiger partial charge on any atom is -0.392 e. The van der Waals surface area contributed by atoms with Gasteiger partial charge in [-0.2, -0.15) is 0 Å². The number of aliphatic hydroxyl groups is 1. The summed E-state index contributed by atoms with van der Waals surface area (Å²) in [6, 6.07) is 0. The number of aliphatic hydroxyl groups excluding tert-OH is 1. The molecule has 0 fully saturated rings. The van der Waals surface area contributed by atoms with E-state index in [-0.39, 0.29) is 6.61 Å². The zero-order valence-corrected chi connectivity index (χ0v) is 7.06. The standard InChI is InChI=1S/C9H18O/c1-3-5-6-9(4-2)7-8-10/h7,10H,3-6,8H2,1-2H3/b9-7+. The molecule has 0 atom stereocenters. The molecule has 0 saturated carbocycles. The molecule has 0 aromatic heterocycles. The fourth-order valence-electron chi connectivity index (χ4n) is 0.956. The molecule has 10 heavy (non-hydrogen) atoms. The first-order valence-electron chi connectivity index (χ1n) is 4.13. The first kappa shape index (κ1) is 9.70. The molecule has 1 heteroatoms. The van der Waals surface area contributed by atoms with Crippen molar-refractivity contribution in [3.8, 4) is 0 Å². The van der Waals surface area contributed by atoms with Crippen LogP contribution >= 0.6 is 0 Å². The van der Waals surface area contributed by atoms with Crippen LogP contribution in [-0.2, 0) is 0 Å². The van der Waals surface area contributed by atoms with E-state index in [1.165, 1.54) is 18.4 Å². The smallest absolute Gasteiger partial charge is 0.0615 e. The molecule has 0 rings (SSSR count). The summed E-state index contributed by atoms with van der Waals surface area (Å²) in [7, 11) is 0. The number of rotatable bonds is 5. The van der Waals surface area contributed by atoms with Crippen LogP contribution in [0.5, 0.6) is 0 Å². The maximum absolute atomic E-state index is 8.59. The molecule has 0 aliphatic rings. The Morgan fingerprint density at radius 1 is 1.40 bits per heavy atom. The lowest BCUT2D eigenvalue weighted by atomic mass is 10.1. The van der Waals surface area contributed by atoms with E-state index in [1.54, 1.807) is 0 Å². The fourth-order valence-corrected chi connectivity index (χ4v) is 0.956. The van der Waals surface area contributed by atoms with Gasteiger partial charge in [-0.25, -0.2) is 0 Å². The van der Waals surface area contributed by atoms with E-state index >= 15 is 0 Å². The highest BCUT2D eigenvalue weighted by Crippen LogP contribution is 2.09. The number of unbranched alkanes of at least 4 members (excludes halogenated alkanes) is 1. The van der Waals surface area contributed by atoms with E-state index in [0.29, 0.717) is 0 Å². The minimum absolute atomic E-state index is 0.201. The van der Waals surface area contributed by atoms with Crippen molar-refractivity contribution < 1.29 is 5.11 Å². The van der Waals surface area contributed by atoms with E-state index in [2.05, 4.69) is 13.8 Å². The lowest BCUT2D eigenvalue weighted by Crippen LogP contribution is -1.84. The summed E-state index contributed by atoms with van der Waals surface area (Å²) >= 11 is 0. The summed E-state index contributed by atoms with van der Waals surface area (Å²) in [6.07, 6.45) is 6.66. The molecule has 1 N–H and O–H groups in total. The van der Waals surface area contributed by atoms with Crippen LogP contribution in [0.2, 0.25) is 0 Å². The van der Waals surface area contributed by atoms with E-state index in [1.807, 2.05) is 6.08 Å². The highest BCUT2D eigenvalue weighted by Gasteiger charge is 1.91. The number of hydrogen-bond donors (Lipinski definition) is 1. The van der Waals surface area contributed by atoms with Crippen LogP contribution in [0, 0.1) is 0 Å². The number of hydrogen-bond acceptors (Lipinski definition) is 1. The van der Waals surface area contributed by atoms with Gasteiger partial charge in [0.1, 0.15) is 0 Å². The molecule has 0 aliphatic carbocycles. The molecule has 0 bridgehead atoms. The van der Waals surface area contributed by atoms with Crippen molar-refractivity contribution in [2.45, 2.75) is 39.5 Å². The normalized spacial score (nSPS) is 12.1. The van der Waals surface area contributed by atoms with Gasteiger partial charge in [0.25, 0.3) is 0 Å². The van der Waals surface area contributed by atoms with E-state index in [4.69, 9.17) is 5.11 Å². The molecule has 0 saturated heterocycles. The van der Waals surface area contributed by atoms with Crippen molar-refractivity contribution in [3.05, 3.63) is 11.6 Å². The highest BCUT2D eigenvalue weighted by atomic mass is 16.2. The second-order valence-electron chi connectivity index (χ2n) is 2.50. The molecule has 0 aromatic rings. The van der Waals surface area contributed by atoms with Crippen LogP contribution in [-0.4, -0.2) is 11.7 Å². The van der Waals surface area contributed by atoms with Gasteiger partial charge in [0.2, 0.25) is 0 Å². The summed E-state index contributed by atoms with van der Waals surface area (Å²) in [4.78, 5) is 0. The fraction of sp³-hybridized carbons (Fsp3) is 0.778. The molecule has 0 aliphatic heterocycles. The summed E-state index contributed by atoms with van der Waals surface area (Å²) in [6.45, 7) is 4.52. The minimum atomic E-state index is 0.201. The quantitative estimate of drug-likeness (QED) is 0.585. The van der Waals surface area contributed by atoms with E-state index in [0.717, 1.165) is 12.8 Å². The molecule has 0 heterocycles. The molecular formula is C9H18O. The topological polar surface area (TPSA) is 20.2 Å². The van der Waals surface area contributed by atoms with Crippen molar-refractivity contribution in [1.82, 2.24) is 0 Å². The Hall–Kier alpha value is -0.300. The van der Waals surface area contributed by atoms with Gasteiger partial charge in [-0.15, -0.1) is 0 Å². The average molecular weight is 142 g/mol. The van der Waals surface area contributed by atoms with Gasteiger partial charge in [-0.3, -0.25) is 0 Å². The largest absolute Gasteiger partial charge is 0.392 e. The number of allylic oxidation sites excluding steroid dienone is 1. The van der Waals surface area contributed by atoms with Crippen molar-refractivity contribution in [3.63, 3.8) is 0 Å². The first-order chi connectivity index (χ1) is 4.85. The molecule has 1 nitrogen and oxygen atoms in total. The Morgan fingerprint density at radius 2 is 2.10 bits per heavy atom. The lowest BCUT2D eigenvalue weighted by molar-refractivity contribution is 0.341. The molecule has 0 aromatic carbocycles. The molecule has 0 amide bonds. The Balaban J connectivity index is 3.49. The zero-order chi connectivity index (χ0) is 7.82. The Kier molecular flexibility index (Phi) is 6.61. The van der Waals surface area contributed by atoms with Crippen LogP contribution < -0.4 is 0 Å². The van der Waals surface area contributed by atoms with Crippen molar-refractivity contribution >= 4 is 0 Å². The SMILES string of the molecule is CCCC/C(=C/CO)CC. The van der Waals surface area contributed by atoms with Crippen molar-refractivity contribution in [1.29, 1.82) is 0 Å². The van der Waals surface area contributed by atoms with Gasteiger partial charge in [-0.05, 0) is 19.3 Å². The maximum atomic E-state index is 8.59. The van der Waals surface area contributed by atoms with Crippen molar-refractivity contribution in [2.24, 2.45) is 0 Å². The Bertz CT molecular complexity index is 94.9. The van der Waals surface area contributed by atoms with Gasteiger partial charge in [0, 0.05) is 0 Å². The molecule has 0 radical (unpaired) electrons. The van der Waals surface area contributed by atoms with Crippen molar-refractivity contribution in [2.75, 3.05) is 6.61 Å². The van der Waals surface area contributed by atoms with Crippen LogP contribution in [0.3, 0.4) is 0 Å². The van der Waals surface area contributed by atoms with Crippen LogP contribution in [0.15, 0.2) is 11.6 Å². The van der Waals surface area contributed by atoms with Crippen LogP contribution in [0.4, 0.5) is 0 Å². The predicted molar refractivity (Wildman–Crippen MR) is 45.0 cm³/mol. The zero-order valence-electron chi connectivity index (χ0n) is 7.06. The summed E-state index contributed by atoms with van der Waals surface area (Å²) in [5, 5.41) is 8.59. The summed E-state index contributed by atoms with van der Waals surface area (Å²) in [5.41, 5.74) is 1.39. The Morgan fingerprint density at radius 3 is 2.50 bits per heavy atom. The molecule has 0 spiro atoms. The lowest BCUT2D eigenvalue weighted by Gasteiger charge is -2.00. The van der Waals surface area contributed by atoms with Gasteiger partial charge >= 0.3 is 0 Å². The van der Waals surface area contributed by atoms with Gasteiger partial charge in [-0.1, -0.05) is 31.9 Å². The van der Waals surface area contributed by atoms with E-state index < -0.39 is 0 Å². The second kappa shape index (κ2) is 6.81. The Labute approximate surface area is 63.8 Å². The third kappa shape index (κ3) is 4.57. The van der Waals surface area contributed by atoms with Gasteiger partial charge in [0.05, 0.1) is 6.61 Å². The predicted octanol–water partition coefficient (Wildman–Crippen LogP) is 2.51. The summed E-state index contributed by atoms with van der Waals surface area (Å²) in [5.74, 6) is 0. The third-order valence-electron chi connectivity index (χ3n) is 1.69. The molecule has 0 unspecified atom stereocenters. The average Bonchev–Trinajstić information content (AvgIpc) is 1.98. The monoisotopic (exact) mass is 142 g/mol. The highest BCUT2D eigenvalue weighted by molar-refractivity contribution is 5.00. The maximum Gasteiger partial charge on any atom is 0.0615 e. The van der Waals surface area contributed by atoms with E-state index in [9.17, 15) is 0 Å². The van der Waals surface area contributed by atoms with Crippen LogP contribution in [0.25, 0.3) is 0 Å².